The Bertz CT molecular complexity index is 176. The average Bonchev–Trinajstić information content (AvgIpc) is 1.82. The summed E-state index contributed by atoms with van der Waals surface area (Å²) in [5.74, 6) is 0. The molecule has 1 unspecified atom stereocenters. The summed E-state index contributed by atoms with van der Waals surface area (Å²) in [4.78, 5) is 0. The maximum absolute atomic E-state index is 12.0. The van der Waals surface area contributed by atoms with Crippen molar-refractivity contribution in [2.75, 3.05) is 13.2 Å². The van der Waals surface area contributed by atoms with Crippen molar-refractivity contribution >= 4 is 15.6 Å². The zero-order valence-corrected chi connectivity index (χ0v) is 11.0. The van der Waals surface area contributed by atoms with Crippen LogP contribution in [-0.4, -0.2) is 18.4 Å². The first-order chi connectivity index (χ1) is 5.83. The third-order valence-electron chi connectivity index (χ3n) is 1.07. The molecule has 0 spiro atoms. The fourth-order valence-electron chi connectivity index (χ4n) is 0.853. The van der Waals surface area contributed by atoms with Gasteiger partial charge in [-0.2, -0.15) is 0 Å². The first-order valence-corrected chi connectivity index (χ1v) is 7.90. The van der Waals surface area contributed by atoms with Gasteiger partial charge >= 0.3 is 7.28 Å². The van der Waals surface area contributed by atoms with Gasteiger partial charge in [0.05, 0.1) is 13.2 Å². The molecule has 0 amide bonds. The second kappa shape index (κ2) is 5.46. The van der Waals surface area contributed by atoms with Crippen molar-refractivity contribution < 1.29 is 13.6 Å². The normalized spacial score (nSPS) is 14.2. The molecule has 13 heavy (non-hydrogen) atoms. The van der Waals surface area contributed by atoms with Gasteiger partial charge in [-0.3, -0.25) is 4.57 Å². The van der Waals surface area contributed by atoms with Crippen molar-refractivity contribution in [3.8, 4) is 0 Å². The van der Waals surface area contributed by atoms with E-state index in [4.69, 9.17) is 9.05 Å². The van der Waals surface area contributed by atoms with Crippen LogP contribution >= 0.6 is 15.6 Å². The number of hydrogen-bond donors (Lipinski definition) is 0. The van der Waals surface area contributed by atoms with Crippen molar-refractivity contribution in [3.63, 3.8) is 0 Å². The van der Waals surface area contributed by atoms with Crippen LogP contribution in [0.4, 0.5) is 0 Å². The van der Waals surface area contributed by atoms with Gasteiger partial charge in [0.15, 0.2) is 0 Å². The average molecular weight is 226 g/mol. The zero-order valence-electron chi connectivity index (χ0n) is 9.09. The van der Waals surface area contributed by atoms with Crippen LogP contribution in [0.2, 0.25) is 0 Å². The molecule has 0 saturated carbocycles. The second-order valence-corrected chi connectivity index (χ2v) is 9.24. The summed E-state index contributed by atoms with van der Waals surface area (Å²) < 4.78 is 22.4. The van der Waals surface area contributed by atoms with Gasteiger partial charge in [0.25, 0.3) is 0 Å². The largest absolute Gasteiger partial charge is 0.346 e. The summed E-state index contributed by atoms with van der Waals surface area (Å²) in [6, 6.07) is 0. The highest BCUT2D eigenvalue weighted by atomic mass is 32.1. The summed E-state index contributed by atoms with van der Waals surface area (Å²) in [7, 11) is -2.60. The van der Waals surface area contributed by atoms with Crippen LogP contribution in [0.5, 0.6) is 0 Å². The minimum absolute atomic E-state index is 0.000131. The van der Waals surface area contributed by atoms with E-state index in [-0.39, 0.29) is 13.4 Å². The van der Waals surface area contributed by atoms with E-state index >= 15 is 0 Å². The van der Waals surface area contributed by atoms with Gasteiger partial charge in [-0.25, -0.2) is 0 Å². The molecular formula is C8H20O3P2. The quantitative estimate of drug-likeness (QED) is 0.671. The van der Waals surface area contributed by atoms with E-state index in [0.29, 0.717) is 13.2 Å². The Morgan fingerprint density at radius 3 is 1.77 bits per heavy atom. The standard InChI is InChI=1S/C8H20O3P2/c1-6-10-13(9,11-7-2)12-8(3,4)5/h12H,6-7H2,1-5H3. The minimum atomic E-state index is -2.81. The molecule has 0 saturated heterocycles. The predicted octanol–water partition coefficient (Wildman–Crippen LogP) is 3.64. The SMILES string of the molecule is CCOP(=O)(OCC)PC(C)(C)C. The second-order valence-electron chi connectivity index (χ2n) is 3.69. The lowest BCUT2D eigenvalue weighted by atomic mass is 10.3. The molecule has 0 heterocycles. The molecule has 80 valence electrons. The van der Waals surface area contributed by atoms with Crippen molar-refractivity contribution in [2.24, 2.45) is 0 Å². The topological polar surface area (TPSA) is 35.5 Å². The molecule has 0 aromatic rings. The smallest absolute Gasteiger partial charge is 0.306 e. The lowest BCUT2D eigenvalue weighted by Gasteiger charge is -2.24. The van der Waals surface area contributed by atoms with Gasteiger partial charge < -0.3 is 9.05 Å². The number of hydrogen-bond acceptors (Lipinski definition) is 3. The van der Waals surface area contributed by atoms with Gasteiger partial charge in [-0.05, 0) is 19.0 Å². The van der Waals surface area contributed by atoms with Crippen molar-refractivity contribution in [1.82, 2.24) is 0 Å². The Kier molecular flexibility index (Phi) is 5.70. The summed E-state index contributed by atoms with van der Waals surface area (Å²) in [5, 5.41) is -0.000131. The van der Waals surface area contributed by atoms with Crippen LogP contribution in [0.3, 0.4) is 0 Å². The maximum Gasteiger partial charge on any atom is 0.346 e. The maximum atomic E-state index is 12.0. The van der Waals surface area contributed by atoms with Crippen LogP contribution < -0.4 is 0 Å². The molecule has 0 aliphatic rings. The van der Waals surface area contributed by atoms with Crippen LogP contribution in [0.25, 0.3) is 0 Å². The Labute approximate surface area is 82.8 Å². The molecule has 0 aromatic carbocycles. The highest BCUT2D eigenvalue weighted by molar-refractivity contribution is 8.20. The molecule has 3 nitrogen and oxygen atoms in total. The van der Waals surface area contributed by atoms with Gasteiger partial charge in [0, 0.05) is 8.27 Å². The van der Waals surface area contributed by atoms with Gasteiger partial charge in [-0.1, -0.05) is 20.8 Å². The van der Waals surface area contributed by atoms with Crippen LogP contribution in [-0.2, 0) is 13.6 Å². The predicted molar refractivity (Wildman–Crippen MR) is 58.9 cm³/mol. The van der Waals surface area contributed by atoms with Crippen molar-refractivity contribution in [2.45, 2.75) is 39.8 Å². The third-order valence-corrected chi connectivity index (χ3v) is 6.82. The van der Waals surface area contributed by atoms with E-state index in [2.05, 4.69) is 0 Å². The van der Waals surface area contributed by atoms with Gasteiger partial charge in [0.1, 0.15) is 0 Å². The Balaban J connectivity index is 4.33. The van der Waals surface area contributed by atoms with E-state index in [1.807, 2.05) is 34.6 Å². The molecule has 0 aliphatic carbocycles. The molecule has 0 aliphatic heterocycles. The van der Waals surface area contributed by atoms with Crippen LogP contribution in [0.1, 0.15) is 34.6 Å². The Morgan fingerprint density at radius 2 is 1.54 bits per heavy atom. The minimum Gasteiger partial charge on any atom is -0.306 e. The highest BCUT2D eigenvalue weighted by Gasteiger charge is 2.30. The molecule has 1 atom stereocenters. The van der Waals surface area contributed by atoms with Gasteiger partial charge in [-0.15, -0.1) is 0 Å². The summed E-state index contributed by atoms with van der Waals surface area (Å²) >= 11 is 0. The first-order valence-electron chi connectivity index (χ1n) is 4.51. The molecular weight excluding hydrogens is 206 g/mol. The molecule has 0 rings (SSSR count). The zero-order chi connectivity index (χ0) is 10.5. The van der Waals surface area contributed by atoms with E-state index in [9.17, 15) is 4.57 Å². The van der Waals surface area contributed by atoms with Gasteiger partial charge in [0.2, 0.25) is 0 Å². The first kappa shape index (κ1) is 13.6. The summed E-state index contributed by atoms with van der Waals surface area (Å²) in [6.45, 7) is 10.7. The molecule has 0 radical (unpaired) electrons. The van der Waals surface area contributed by atoms with E-state index < -0.39 is 7.28 Å². The summed E-state index contributed by atoms with van der Waals surface area (Å²) in [5.41, 5.74) is 0. The lowest BCUT2D eigenvalue weighted by Crippen LogP contribution is -2.06. The van der Waals surface area contributed by atoms with E-state index in [1.54, 1.807) is 0 Å². The monoisotopic (exact) mass is 226 g/mol. The molecule has 5 heteroatoms. The molecule has 0 fully saturated rings. The fraction of sp³-hybridized carbons (Fsp3) is 1.00. The molecule has 0 aromatic heterocycles. The highest BCUT2D eigenvalue weighted by Crippen LogP contribution is 2.69. The Morgan fingerprint density at radius 1 is 1.15 bits per heavy atom. The Hall–Kier alpha value is 0.580. The molecule has 0 N–H and O–H groups in total. The van der Waals surface area contributed by atoms with Crippen molar-refractivity contribution in [1.29, 1.82) is 0 Å². The van der Waals surface area contributed by atoms with E-state index in [1.165, 1.54) is 0 Å². The lowest BCUT2D eigenvalue weighted by molar-refractivity contribution is 0.236. The summed E-state index contributed by atoms with van der Waals surface area (Å²) in [6.07, 6.45) is 0. The van der Waals surface area contributed by atoms with Crippen LogP contribution in [0.15, 0.2) is 0 Å². The van der Waals surface area contributed by atoms with Crippen LogP contribution in [0, 0.1) is 0 Å². The van der Waals surface area contributed by atoms with E-state index in [0.717, 1.165) is 0 Å². The third kappa shape index (κ3) is 6.62. The number of rotatable bonds is 5. The fourth-order valence-corrected chi connectivity index (χ4v) is 6.18. The van der Waals surface area contributed by atoms with Crippen molar-refractivity contribution in [3.05, 3.63) is 0 Å². The molecule has 0 bridgehead atoms.